The Bertz CT molecular complexity index is 773. The lowest BCUT2D eigenvalue weighted by molar-refractivity contribution is -0.0779. The smallest absolute Gasteiger partial charge is 0.240 e. The van der Waals surface area contributed by atoms with E-state index in [-0.39, 0.29) is 4.90 Å². The number of fused-ring (bicyclic) bond motifs is 1. The highest BCUT2D eigenvalue weighted by molar-refractivity contribution is 7.89. The fourth-order valence-electron chi connectivity index (χ4n) is 2.21. The molecule has 0 aliphatic heterocycles. The van der Waals surface area contributed by atoms with Crippen molar-refractivity contribution < 1.29 is 23.0 Å². The number of hydrogen-bond acceptors (Lipinski definition) is 5. The van der Waals surface area contributed by atoms with Crippen molar-refractivity contribution in [2.45, 2.75) is 18.1 Å². The Balaban J connectivity index is 2.61. The van der Waals surface area contributed by atoms with Gasteiger partial charge >= 0.3 is 0 Å². The van der Waals surface area contributed by atoms with Gasteiger partial charge in [0, 0.05) is 13.7 Å². The van der Waals surface area contributed by atoms with Gasteiger partial charge in [0.2, 0.25) is 10.0 Å². The summed E-state index contributed by atoms with van der Waals surface area (Å²) in [7, 11) is -0.659. The molecule has 2 aromatic rings. The van der Waals surface area contributed by atoms with Crippen LogP contribution in [-0.4, -0.2) is 34.3 Å². The van der Waals surface area contributed by atoms with Crippen LogP contribution in [0, 0.1) is 0 Å². The van der Waals surface area contributed by atoms with Gasteiger partial charge in [-0.2, -0.15) is 0 Å². The first kappa shape index (κ1) is 16.7. The Kier molecular flexibility index (Phi) is 5.02. The van der Waals surface area contributed by atoms with Gasteiger partial charge in [0.05, 0.1) is 17.6 Å². The molecule has 0 saturated heterocycles. The van der Waals surface area contributed by atoms with Crippen LogP contribution in [0.25, 0.3) is 10.8 Å². The second kappa shape index (κ2) is 6.62. The normalized spacial score (nSPS) is 13.3. The second-order valence-corrected chi connectivity index (χ2v) is 6.46. The minimum Gasteiger partial charge on any atom is -0.496 e. The molecule has 0 saturated carbocycles. The first-order chi connectivity index (χ1) is 10.4. The molecule has 120 valence electrons. The summed E-state index contributed by atoms with van der Waals surface area (Å²) < 4.78 is 36.7. The number of benzene rings is 2. The number of methoxy groups -OCH3 is 2. The van der Waals surface area contributed by atoms with Crippen LogP contribution in [-0.2, 0) is 14.8 Å². The molecule has 2 aromatic carbocycles. The molecule has 2 rings (SSSR count). The zero-order valence-electron chi connectivity index (χ0n) is 12.7. The number of aliphatic hydroxyl groups is 1. The van der Waals surface area contributed by atoms with Crippen molar-refractivity contribution in [2.24, 2.45) is 0 Å². The van der Waals surface area contributed by atoms with Crippen molar-refractivity contribution in [3.05, 3.63) is 35.9 Å². The van der Waals surface area contributed by atoms with Crippen molar-refractivity contribution in [2.75, 3.05) is 20.8 Å². The Morgan fingerprint density at radius 2 is 1.91 bits per heavy atom. The van der Waals surface area contributed by atoms with Gasteiger partial charge in [0.15, 0.2) is 6.29 Å². The van der Waals surface area contributed by atoms with Crippen molar-refractivity contribution >= 4 is 20.8 Å². The zero-order valence-corrected chi connectivity index (χ0v) is 13.5. The molecule has 0 aromatic heterocycles. The van der Waals surface area contributed by atoms with Crippen molar-refractivity contribution in [1.29, 1.82) is 0 Å². The van der Waals surface area contributed by atoms with Gasteiger partial charge in [0.1, 0.15) is 5.75 Å². The van der Waals surface area contributed by atoms with Crippen LogP contribution in [0.3, 0.4) is 0 Å². The number of ether oxygens (including phenoxy) is 2. The third-order valence-electron chi connectivity index (χ3n) is 3.29. The highest BCUT2D eigenvalue weighted by Gasteiger charge is 2.17. The third-order valence-corrected chi connectivity index (χ3v) is 4.84. The largest absolute Gasteiger partial charge is 0.496 e. The molecule has 0 amide bonds. The van der Waals surface area contributed by atoms with Gasteiger partial charge < -0.3 is 14.6 Å². The maximum absolute atomic E-state index is 12.1. The number of hydrogen-bond donors (Lipinski definition) is 2. The second-order valence-electron chi connectivity index (χ2n) is 4.69. The van der Waals surface area contributed by atoms with Gasteiger partial charge in [0.25, 0.3) is 0 Å². The van der Waals surface area contributed by atoms with Crippen LogP contribution in [0.5, 0.6) is 5.75 Å². The maximum Gasteiger partial charge on any atom is 0.240 e. The maximum atomic E-state index is 12.1. The number of aliphatic hydroxyl groups excluding tert-OH is 1. The molecular formula is C15H19NO5S. The van der Waals surface area contributed by atoms with Gasteiger partial charge in [-0.25, -0.2) is 13.1 Å². The molecule has 0 radical (unpaired) electrons. The molecule has 0 spiro atoms. The molecule has 0 heterocycles. The zero-order chi connectivity index (χ0) is 16.3. The van der Waals surface area contributed by atoms with E-state index in [1.807, 2.05) is 0 Å². The Morgan fingerprint density at radius 1 is 1.18 bits per heavy atom. The molecule has 0 bridgehead atoms. The fraction of sp³-hybridized carbons (Fsp3) is 0.333. The average molecular weight is 325 g/mol. The average Bonchev–Trinajstić information content (AvgIpc) is 2.52. The van der Waals surface area contributed by atoms with Crippen LogP contribution in [0.2, 0.25) is 0 Å². The summed E-state index contributed by atoms with van der Waals surface area (Å²) in [5, 5.41) is 11.4. The standard InChI is InChI=1S/C15H19NO5S/c1-4-16-22(18,19)12-6-5-10-9-14(20-2)13(15(17)21-3)8-11(10)7-12/h5-9,15-17H,4H2,1-3H3. The number of sulfonamides is 1. The van der Waals surface area contributed by atoms with E-state index in [0.717, 1.165) is 5.39 Å². The lowest BCUT2D eigenvalue weighted by Crippen LogP contribution is -2.23. The van der Waals surface area contributed by atoms with Crippen molar-refractivity contribution in [3.8, 4) is 5.75 Å². The van der Waals surface area contributed by atoms with Crippen LogP contribution < -0.4 is 9.46 Å². The van der Waals surface area contributed by atoms with Crippen LogP contribution >= 0.6 is 0 Å². The number of rotatable bonds is 6. The van der Waals surface area contributed by atoms with Crippen LogP contribution in [0.1, 0.15) is 18.8 Å². The Hall–Kier alpha value is -1.67. The molecule has 7 heteroatoms. The lowest BCUT2D eigenvalue weighted by Gasteiger charge is -2.15. The minimum atomic E-state index is -3.53. The van der Waals surface area contributed by atoms with Crippen molar-refractivity contribution in [3.63, 3.8) is 0 Å². The third kappa shape index (κ3) is 3.22. The van der Waals surface area contributed by atoms with Gasteiger partial charge in [-0.3, -0.25) is 0 Å². The van der Waals surface area contributed by atoms with E-state index in [2.05, 4.69) is 4.72 Å². The molecule has 1 atom stereocenters. The monoisotopic (exact) mass is 325 g/mol. The summed E-state index contributed by atoms with van der Waals surface area (Å²) in [6.07, 6.45) is -1.15. The van der Waals surface area contributed by atoms with E-state index in [1.54, 1.807) is 31.2 Å². The van der Waals surface area contributed by atoms with Crippen molar-refractivity contribution in [1.82, 2.24) is 4.72 Å². The molecule has 2 N–H and O–H groups in total. The first-order valence-electron chi connectivity index (χ1n) is 6.75. The number of nitrogens with one attached hydrogen (secondary N) is 1. The molecule has 0 aliphatic carbocycles. The molecule has 0 fully saturated rings. The van der Waals surface area contributed by atoms with E-state index in [1.165, 1.54) is 20.3 Å². The Morgan fingerprint density at radius 3 is 2.50 bits per heavy atom. The highest BCUT2D eigenvalue weighted by atomic mass is 32.2. The first-order valence-corrected chi connectivity index (χ1v) is 8.23. The van der Waals surface area contributed by atoms with E-state index in [9.17, 15) is 13.5 Å². The van der Waals surface area contributed by atoms with Crippen LogP contribution in [0.15, 0.2) is 35.2 Å². The predicted molar refractivity (Wildman–Crippen MR) is 83.3 cm³/mol. The summed E-state index contributed by atoms with van der Waals surface area (Å²) in [5.41, 5.74) is 0.440. The summed E-state index contributed by atoms with van der Waals surface area (Å²) >= 11 is 0. The molecule has 0 aliphatic rings. The Labute approximate surface area is 129 Å². The van der Waals surface area contributed by atoms with E-state index >= 15 is 0 Å². The van der Waals surface area contributed by atoms with E-state index < -0.39 is 16.3 Å². The van der Waals surface area contributed by atoms with E-state index in [4.69, 9.17) is 9.47 Å². The quantitative estimate of drug-likeness (QED) is 0.791. The summed E-state index contributed by atoms with van der Waals surface area (Å²) in [5.74, 6) is 0.476. The van der Waals surface area contributed by atoms with Gasteiger partial charge in [-0.15, -0.1) is 0 Å². The van der Waals surface area contributed by atoms with Crippen LogP contribution in [0.4, 0.5) is 0 Å². The summed E-state index contributed by atoms with van der Waals surface area (Å²) in [4.78, 5) is 0.171. The summed E-state index contributed by atoms with van der Waals surface area (Å²) in [6.45, 7) is 2.03. The minimum absolute atomic E-state index is 0.171. The molecule has 6 nitrogen and oxygen atoms in total. The predicted octanol–water partition coefficient (Wildman–Crippen LogP) is 1.78. The SMILES string of the molecule is CCNS(=O)(=O)c1ccc2cc(OC)c(C(O)OC)cc2c1. The fourth-order valence-corrected chi connectivity index (χ4v) is 3.29. The van der Waals surface area contributed by atoms with Gasteiger partial charge in [-0.1, -0.05) is 13.0 Å². The van der Waals surface area contributed by atoms with E-state index in [0.29, 0.717) is 23.2 Å². The summed E-state index contributed by atoms with van der Waals surface area (Å²) in [6, 6.07) is 8.18. The lowest BCUT2D eigenvalue weighted by atomic mass is 10.1. The molecule has 1 unspecified atom stereocenters. The van der Waals surface area contributed by atoms with Gasteiger partial charge in [-0.05, 0) is 35.0 Å². The molecule has 22 heavy (non-hydrogen) atoms. The topological polar surface area (TPSA) is 84.9 Å². The molecular weight excluding hydrogens is 306 g/mol. The highest BCUT2D eigenvalue weighted by Crippen LogP contribution is 2.31.